The molecule has 7 aliphatic heterocycles. The van der Waals surface area contributed by atoms with Gasteiger partial charge in [0.2, 0.25) is 5.95 Å². The fourth-order valence-corrected chi connectivity index (χ4v) is 17.3. The van der Waals surface area contributed by atoms with Crippen molar-refractivity contribution in [3.8, 4) is 0 Å². The molecule has 794 valence electrons. The molecular weight excluding hydrogens is 2110 g/mol. The normalized spacial score (nSPS) is 28.0. The number of Topliss-reactive ketones (excluding diaryl/α,β-unsaturated/α-hetero) is 1. The van der Waals surface area contributed by atoms with Crippen LogP contribution in [0.2, 0.25) is 5.02 Å². The minimum absolute atomic E-state index is 0.0162. The third-order valence-corrected chi connectivity index (χ3v) is 25.1. The molecule has 0 saturated carbocycles. The van der Waals surface area contributed by atoms with Crippen molar-refractivity contribution in [1.82, 2.24) is 96.8 Å². The second-order valence-corrected chi connectivity index (χ2v) is 39.3. The van der Waals surface area contributed by atoms with Crippen LogP contribution in [-0.4, -0.2) is 392 Å². The summed E-state index contributed by atoms with van der Waals surface area (Å²) < 4.78 is 133. The lowest BCUT2D eigenvalue weighted by atomic mass is 10.1. The Kier molecular flexibility index (Phi) is 35.4. The molecule has 71 nitrogen and oxygen atoms in total. The minimum Gasteiger partial charge on any atom is -0.387 e. The van der Waals surface area contributed by atoms with Gasteiger partial charge in [-0.15, -0.1) is 0 Å². The van der Waals surface area contributed by atoms with Gasteiger partial charge in [-0.25, -0.2) is 97.2 Å². The van der Waals surface area contributed by atoms with E-state index in [4.69, 9.17) is 115 Å². The number of hydrogen-bond acceptors (Lipinski definition) is 50. The maximum Gasteiger partial charge on any atom is 0.469 e. The summed E-state index contributed by atoms with van der Waals surface area (Å²) in [4.78, 5) is 176. The van der Waals surface area contributed by atoms with E-state index >= 15 is 0 Å². The standard InChI is InChI=1S/C12H18N5O7P.C12H17N4O7P.C11H13ClN3O7P.C11H16N5O7P.C11H14N3O8P.C10H13N8O7P/c1-5-15-10(13-2)7-11(16-5)17(4-14-7)12-9(19)8(18)6(24-12)3-23-25(20,21)22;1-13-6-2-3-14-11-8(6)15-5-16(11)12-10(18)9(17)7(23-12)4-22-24(19,20)21;12-5-1-2-13-10-7(5)14-4-15(10)11-9(17)8(16)6(22-11)3-21-23(18,19)20;1-15-3-14-10-6(9(15)12)13-4-16(10)11-8(18)7(17)5(23-11)2-22-24(19,20)21;15-5-1-2-12-10-7(5)13-4-14(10)11-9(17)8(16)6(22-11)3-21-23(18,19)20;11-7-4-8(14-2-13-7)18(10(15-4)16-17-12)9-6(20)5(19)3(25-9)1-24-26(21,22)23/h4,6,8-9,12,18-19H,3H2,1-2H3,(H,13,15,16)(H2,20,21,22);2-3,5,7,9-10,12,17-18H,4H2,1H3,(H,13,14)(H2,19,20,21);1-2,4,6,8-9,11,16-17H,3H2,(H2,18,19,20);3-5,7-8,11-12,17-18H,2H2,1H3,(H2,19,20,21);2,4,6,8-9,11,16-17H,1,3H2,(H2,18,19,20);2-3,5-6,9,19-20H,1H2,(H2,11,13,14)(H2,21,22,23)/t6?,8-,9-,12-;7?,9-,10-,12-;6?,8-,9-,11-;5?,7-,8-,11-;6?,8-,9-,11-;3?,5-,6-,9-/m111111/s1. The molecule has 24 atom stereocenters. The number of aliphatic hydroxyl groups is 12. The van der Waals surface area contributed by atoms with Crippen molar-refractivity contribution in [2.45, 2.75) is 161 Å². The summed E-state index contributed by atoms with van der Waals surface area (Å²) >= 11 is 6.00. The van der Waals surface area contributed by atoms with Crippen LogP contribution >= 0.6 is 58.5 Å². The van der Waals surface area contributed by atoms with E-state index in [9.17, 15) is 93.5 Å². The van der Waals surface area contributed by atoms with Gasteiger partial charge in [0.05, 0.1) is 88.3 Å². The lowest BCUT2D eigenvalue weighted by Gasteiger charge is -2.18. The number of aryl methyl sites for hydroxylation is 2. The van der Waals surface area contributed by atoms with E-state index in [1.807, 2.05) is 0 Å². The molecule has 0 bridgehead atoms. The zero-order valence-electron chi connectivity index (χ0n) is 74.1. The van der Waals surface area contributed by atoms with Crippen molar-refractivity contribution < 1.29 is 208 Å². The molecule has 18 rings (SSSR count). The van der Waals surface area contributed by atoms with Crippen LogP contribution in [0.3, 0.4) is 0 Å². The highest BCUT2D eigenvalue weighted by Gasteiger charge is 2.52. The summed E-state index contributed by atoms with van der Waals surface area (Å²) in [5.41, 5.74) is 18.6. The van der Waals surface area contributed by atoms with Gasteiger partial charge in [0.1, 0.15) is 139 Å². The molecule has 0 aliphatic carbocycles. The Morgan fingerprint density at radius 3 is 1.23 bits per heavy atom. The second-order valence-electron chi connectivity index (χ2n) is 31.4. The van der Waals surface area contributed by atoms with Gasteiger partial charge in [-0.2, -0.15) is 0 Å². The first-order valence-corrected chi connectivity index (χ1v) is 50.8. The topological polar surface area (TPSA) is 1050 Å². The van der Waals surface area contributed by atoms with Crippen LogP contribution in [0.4, 0.5) is 29.1 Å². The Balaban J connectivity index is 0.000000146. The number of halogens is 1. The number of pyridine rings is 2. The van der Waals surface area contributed by atoms with E-state index in [-0.39, 0.29) is 63.3 Å². The molecular formula is C67H91ClN28O43P6. The first kappa shape index (κ1) is 112. The fraction of sp³-hybridized carbons (Fsp3) is 0.522. The number of nitrogen functional groups attached to an aromatic ring is 1. The quantitative estimate of drug-likeness (QED) is 0.00986. The Labute approximate surface area is 811 Å². The molecule has 0 amide bonds. The molecule has 11 aromatic rings. The number of aliphatic imine (C=N–C) groups is 1. The van der Waals surface area contributed by atoms with Gasteiger partial charge in [-0.1, -0.05) is 11.6 Å². The van der Waals surface area contributed by atoms with Gasteiger partial charge in [0.15, 0.2) is 111 Å². The molecule has 7 aliphatic rings. The second kappa shape index (κ2) is 45.7. The average Bonchev–Trinajstić information content (AvgIpc) is 1.65. The number of carbonyl (C=O) groups is 1. The Bertz CT molecular complexity index is 6930. The molecule has 6 fully saturated rings. The molecule has 11 aromatic heterocycles. The highest BCUT2D eigenvalue weighted by Crippen LogP contribution is 2.47. The highest BCUT2D eigenvalue weighted by molar-refractivity contribution is 7.47. The maximum atomic E-state index is 11.7. The Morgan fingerprint density at radius 2 is 0.814 bits per heavy atom. The van der Waals surface area contributed by atoms with Crippen LogP contribution < -0.4 is 21.9 Å². The van der Waals surface area contributed by atoms with E-state index in [1.54, 1.807) is 46.4 Å². The number of imidazole rings is 6. The lowest BCUT2D eigenvalue weighted by Crippen LogP contribution is -2.33. The summed E-state index contributed by atoms with van der Waals surface area (Å²) in [5.74, 6) is 0.640. The molecule has 145 heavy (non-hydrogen) atoms. The number of nitrogens with zero attached hydrogens (tertiary/aromatic N) is 24. The number of ether oxygens (including phenoxy) is 6. The number of hydrogen-bond donors (Lipinski definition) is 28. The first-order valence-electron chi connectivity index (χ1n) is 41.2. The summed E-state index contributed by atoms with van der Waals surface area (Å²) in [7, 11) is -23.4. The van der Waals surface area contributed by atoms with Gasteiger partial charge in [0.25, 0.3) is 0 Å². The van der Waals surface area contributed by atoms with Crippen LogP contribution in [0.5, 0.6) is 0 Å². The molecule has 78 heteroatoms. The van der Waals surface area contributed by atoms with Crippen LogP contribution in [0.1, 0.15) is 60.1 Å². The molecule has 0 spiro atoms. The summed E-state index contributed by atoms with van der Waals surface area (Å²) in [6, 6.07) is 3.29. The number of ketones is 1. The smallest absolute Gasteiger partial charge is 0.387 e. The van der Waals surface area contributed by atoms with Gasteiger partial charge in [-0.05, 0) is 29.7 Å². The van der Waals surface area contributed by atoms with Crippen LogP contribution in [0.25, 0.3) is 66.3 Å². The third-order valence-electron chi connectivity index (χ3n) is 21.8. The first-order chi connectivity index (χ1) is 68.0. The van der Waals surface area contributed by atoms with Crippen molar-refractivity contribution in [2.24, 2.45) is 17.2 Å². The van der Waals surface area contributed by atoms with Gasteiger partial charge in [-0.3, -0.25) is 64.7 Å². The van der Waals surface area contributed by atoms with Crippen molar-refractivity contribution in [2.75, 3.05) is 70.1 Å². The average molecular weight is 2200 g/mol. The summed E-state index contributed by atoms with van der Waals surface area (Å²) in [5, 5.41) is 139. The zero-order chi connectivity index (χ0) is 106. The number of nitrogens with two attached hydrogens (primary N) is 1. The Hall–Kier alpha value is -9.82. The number of aliphatic hydroxyl groups excluding tert-OH is 12. The van der Waals surface area contributed by atoms with E-state index < -0.39 is 234 Å². The molecule has 0 radical (unpaired) electrons. The van der Waals surface area contributed by atoms with Crippen LogP contribution in [0, 0.1) is 12.3 Å². The van der Waals surface area contributed by atoms with Gasteiger partial charge in [0, 0.05) is 51.1 Å². The van der Waals surface area contributed by atoms with E-state index in [2.05, 4.69) is 118 Å². The predicted octanol–water partition coefficient (Wildman–Crippen LogP) is -6.12. The van der Waals surface area contributed by atoms with Crippen molar-refractivity contribution in [3.05, 3.63) is 101 Å². The predicted molar refractivity (Wildman–Crippen MR) is 473 cm³/mol. The van der Waals surface area contributed by atoms with Crippen LogP contribution in [-0.2, 0) is 90.0 Å². The Morgan fingerprint density at radius 1 is 0.448 bits per heavy atom. The molecule has 29 N–H and O–H groups in total. The maximum absolute atomic E-state index is 11.7. The molecule has 18 heterocycles. The van der Waals surface area contributed by atoms with Crippen molar-refractivity contribution in [1.29, 1.82) is 5.41 Å². The van der Waals surface area contributed by atoms with Crippen LogP contribution in [0.15, 0.2) is 78.9 Å². The minimum atomic E-state index is -4.81. The van der Waals surface area contributed by atoms with Gasteiger partial charge >= 0.3 is 46.9 Å². The number of azide groups is 1. The van der Waals surface area contributed by atoms with Gasteiger partial charge < -0.3 is 169 Å². The monoisotopic (exact) mass is 2200 g/mol. The third kappa shape index (κ3) is 26.2. The summed E-state index contributed by atoms with van der Waals surface area (Å²) in [6.45, 7) is -1.95. The number of fused-ring (bicyclic) bond motifs is 6. The van der Waals surface area contributed by atoms with E-state index in [1.165, 1.54) is 77.8 Å². The van der Waals surface area contributed by atoms with Crippen molar-refractivity contribution in [3.63, 3.8) is 0 Å². The number of phosphoric ester groups is 6. The number of nitrogens with one attached hydrogen (secondary N) is 3. The van der Waals surface area contributed by atoms with E-state index in [0.29, 0.717) is 50.2 Å². The molecule has 6 saturated heterocycles. The lowest BCUT2D eigenvalue weighted by molar-refractivity contribution is -0.0512. The molecule has 0 aromatic carbocycles. The number of anilines is 3. The zero-order valence-corrected chi connectivity index (χ0v) is 80.2. The number of aromatic nitrogens is 20. The number of carbonyl (C=O) groups excluding carboxylic acids is 1. The number of rotatable bonds is 27. The SMILES string of the molecule is CNc1ccnc2c1ncn2[C@@H]1OC(COP(=O)(O)O)[C@@H](O)[C@H]1O.CNc1nc(C)nc2c1ncn2[C@@H]1OC(COP(=O)(O)O)[C@@H](O)[C@H]1O.Cn1cnc2c(ncn2[C@@H]2OC(COP(=O)(O)O)[C@@H](O)[C@H]2O)c1=N.O=C1CC=Nc2c1ncn2[C@@H]1OC(COP(=O)(O)O)[C@@H](O)[C@H]1O.O=P(O)(O)OCC1O[C@@H](n2cnc3c(Cl)ccnc32)[C@H](O)[C@@H]1O.[N-]=[N+]=Nc1nc2c(N)ncnc2n1[C@@H]1OC(COP(=O)(O)O)[C@@H](O)[C@H]1O. The largest absolute Gasteiger partial charge is 0.469 e. The summed E-state index contributed by atoms with van der Waals surface area (Å²) in [6.07, 6.45) is -16.9. The fourth-order valence-electron chi connectivity index (χ4n) is 15.0. The van der Waals surface area contributed by atoms with E-state index in [0.717, 1.165) is 16.6 Å². The highest BCUT2D eigenvalue weighted by atomic mass is 35.5. The number of phosphoric acid groups is 6. The van der Waals surface area contributed by atoms with Crippen molar-refractivity contribution >= 4 is 155 Å². The molecule has 6 unspecified atom stereocenters.